The summed E-state index contributed by atoms with van der Waals surface area (Å²) in [6, 6.07) is 3.54. The lowest BCUT2D eigenvalue weighted by molar-refractivity contribution is 0.585. The highest BCUT2D eigenvalue weighted by atomic mass is 32.1. The lowest BCUT2D eigenvalue weighted by Crippen LogP contribution is -1.95. The van der Waals surface area contributed by atoms with Crippen molar-refractivity contribution in [1.29, 1.82) is 0 Å². The van der Waals surface area contributed by atoms with Gasteiger partial charge in [-0.15, -0.1) is 11.3 Å². The molecule has 2 rings (SSSR count). The maximum Gasteiger partial charge on any atom is 0.135 e. The number of halogens is 2. The van der Waals surface area contributed by atoms with E-state index < -0.39 is 11.6 Å². The van der Waals surface area contributed by atoms with Gasteiger partial charge in [0, 0.05) is 23.1 Å². The first kappa shape index (κ1) is 13.1. The Morgan fingerprint density at radius 2 is 2.06 bits per heavy atom. The summed E-state index contributed by atoms with van der Waals surface area (Å²) in [5.74, 6) is -0.954. The highest BCUT2D eigenvalue weighted by molar-refractivity contribution is 7.12. The van der Waals surface area contributed by atoms with Crippen LogP contribution in [0.15, 0.2) is 18.2 Å². The third-order valence-electron chi connectivity index (χ3n) is 2.58. The third kappa shape index (κ3) is 2.42. The number of hydrogen-bond acceptors (Lipinski definition) is 3. The average Bonchev–Trinajstić information content (AvgIpc) is 2.73. The summed E-state index contributed by atoms with van der Waals surface area (Å²) in [4.78, 5) is 5.31. The minimum atomic E-state index is -0.592. The van der Waals surface area contributed by atoms with Crippen LogP contribution in [0.5, 0.6) is 0 Å². The van der Waals surface area contributed by atoms with Crippen molar-refractivity contribution in [3.63, 3.8) is 0 Å². The van der Waals surface area contributed by atoms with Gasteiger partial charge < -0.3 is 5.73 Å². The normalized spacial score (nSPS) is 11.2. The van der Waals surface area contributed by atoms with Gasteiger partial charge in [-0.25, -0.2) is 13.8 Å². The van der Waals surface area contributed by atoms with Crippen LogP contribution >= 0.6 is 11.3 Å². The first-order chi connectivity index (χ1) is 8.52. The molecule has 96 valence electrons. The van der Waals surface area contributed by atoms with Gasteiger partial charge in [0.25, 0.3) is 0 Å². The lowest BCUT2D eigenvalue weighted by Gasteiger charge is -2.06. The summed E-state index contributed by atoms with van der Waals surface area (Å²) in [5, 5.41) is 0.762. The molecule has 5 heteroatoms. The van der Waals surface area contributed by atoms with Crippen LogP contribution in [0.1, 0.15) is 29.7 Å². The Labute approximate surface area is 108 Å². The van der Waals surface area contributed by atoms with Crippen molar-refractivity contribution in [2.75, 3.05) is 0 Å². The van der Waals surface area contributed by atoms with Gasteiger partial charge in [-0.1, -0.05) is 13.8 Å². The Kier molecular flexibility index (Phi) is 3.73. The van der Waals surface area contributed by atoms with Crippen molar-refractivity contribution < 1.29 is 8.78 Å². The first-order valence-corrected chi connectivity index (χ1v) is 6.49. The summed E-state index contributed by atoms with van der Waals surface area (Å²) in [5.41, 5.74) is 6.47. The Balaban J connectivity index is 2.58. The Morgan fingerprint density at radius 1 is 1.33 bits per heavy atom. The molecule has 0 spiro atoms. The van der Waals surface area contributed by atoms with Crippen LogP contribution in [-0.2, 0) is 6.54 Å². The van der Waals surface area contributed by atoms with Gasteiger partial charge in [-0.05, 0) is 18.1 Å². The molecule has 0 fully saturated rings. The molecule has 1 aromatic heterocycles. The van der Waals surface area contributed by atoms with Gasteiger partial charge >= 0.3 is 0 Å². The highest BCUT2D eigenvalue weighted by Crippen LogP contribution is 2.35. The molecule has 1 aromatic carbocycles. The lowest BCUT2D eigenvalue weighted by atomic mass is 10.0. The maximum absolute atomic E-state index is 13.8. The van der Waals surface area contributed by atoms with Crippen molar-refractivity contribution >= 4 is 11.3 Å². The molecule has 1 heterocycles. The number of aromatic nitrogens is 1. The molecule has 0 unspecified atom stereocenters. The Bertz CT molecular complexity index is 564. The second-order valence-corrected chi connectivity index (χ2v) is 5.42. The van der Waals surface area contributed by atoms with Crippen LogP contribution in [0.3, 0.4) is 0 Å². The van der Waals surface area contributed by atoms with Crippen LogP contribution < -0.4 is 5.73 Å². The molecule has 0 aliphatic carbocycles. The quantitative estimate of drug-likeness (QED) is 0.922. The van der Waals surface area contributed by atoms with Gasteiger partial charge in [0.2, 0.25) is 0 Å². The molecule has 0 aliphatic heterocycles. The van der Waals surface area contributed by atoms with Crippen molar-refractivity contribution in [1.82, 2.24) is 4.98 Å². The largest absolute Gasteiger partial charge is 0.325 e. The molecule has 0 atom stereocenters. The molecular weight excluding hydrogens is 254 g/mol. The molecular formula is C13H14F2N2S. The number of hydrogen-bond donors (Lipinski definition) is 1. The SMILES string of the molecule is CC(C)c1sc(CN)nc1-c1ccc(F)cc1F. The molecule has 2 aromatic rings. The third-order valence-corrected chi connectivity index (χ3v) is 3.96. The fourth-order valence-electron chi connectivity index (χ4n) is 1.73. The van der Waals surface area contributed by atoms with Crippen LogP contribution in [0.4, 0.5) is 8.78 Å². The molecule has 0 aliphatic rings. The predicted octanol–water partition coefficient (Wildman–Crippen LogP) is 3.67. The minimum Gasteiger partial charge on any atom is -0.325 e. The fourth-order valence-corrected chi connectivity index (χ4v) is 2.69. The number of rotatable bonds is 3. The van der Waals surface area contributed by atoms with Gasteiger partial charge in [0.1, 0.15) is 16.6 Å². The number of nitrogens with two attached hydrogens (primary N) is 1. The van der Waals surface area contributed by atoms with E-state index in [1.807, 2.05) is 13.8 Å². The number of nitrogens with zero attached hydrogens (tertiary/aromatic N) is 1. The first-order valence-electron chi connectivity index (χ1n) is 5.68. The summed E-state index contributed by atoms with van der Waals surface area (Å²) in [7, 11) is 0. The highest BCUT2D eigenvalue weighted by Gasteiger charge is 2.18. The van der Waals surface area contributed by atoms with Crippen LogP contribution in [0.2, 0.25) is 0 Å². The zero-order chi connectivity index (χ0) is 13.3. The van der Waals surface area contributed by atoms with E-state index >= 15 is 0 Å². The van der Waals surface area contributed by atoms with Gasteiger partial charge in [0.15, 0.2) is 0 Å². The second-order valence-electron chi connectivity index (χ2n) is 4.30. The Hall–Kier alpha value is -1.33. The van der Waals surface area contributed by atoms with Crippen molar-refractivity contribution in [2.24, 2.45) is 5.73 Å². The standard InChI is InChI=1S/C13H14F2N2S/c1-7(2)13-12(17-11(6-16)18-13)9-4-3-8(14)5-10(9)15/h3-5,7H,6,16H2,1-2H3. The molecule has 0 radical (unpaired) electrons. The molecule has 0 saturated heterocycles. The van der Waals surface area contributed by atoms with E-state index in [9.17, 15) is 8.78 Å². The van der Waals surface area contributed by atoms with E-state index in [1.54, 1.807) is 0 Å². The summed E-state index contributed by atoms with van der Waals surface area (Å²) in [6.45, 7) is 4.35. The molecule has 2 N–H and O–H groups in total. The van der Waals surface area contributed by atoms with E-state index in [1.165, 1.54) is 23.5 Å². The molecule has 18 heavy (non-hydrogen) atoms. The van der Waals surface area contributed by atoms with E-state index in [4.69, 9.17) is 5.73 Å². The summed E-state index contributed by atoms with van der Waals surface area (Å²) in [6.07, 6.45) is 0. The van der Waals surface area contributed by atoms with Crippen molar-refractivity contribution in [3.8, 4) is 11.3 Å². The molecule has 2 nitrogen and oxygen atoms in total. The van der Waals surface area contributed by atoms with Gasteiger partial charge in [0.05, 0.1) is 5.69 Å². The Morgan fingerprint density at radius 3 is 2.61 bits per heavy atom. The smallest absolute Gasteiger partial charge is 0.135 e. The number of thiazole rings is 1. The monoisotopic (exact) mass is 268 g/mol. The average molecular weight is 268 g/mol. The van der Waals surface area contributed by atoms with E-state index in [0.717, 1.165) is 16.0 Å². The van der Waals surface area contributed by atoms with Gasteiger partial charge in [-0.2, -0.15) is 0 Å². The van der Waals surface area contributed by atoms with E-state index in [-0.39, 0.29) is 5.92 Å². The topological polar surface area (TPSA) is 38.9 Å². The second kappa shape index (κ2) is 5.12. The molecule has 0 saturated carbocycles. The van der Waals surface area contributed by atoms with Crippen LogP contribution in [0, 0.1) is 11.6 Å². The maximum atomic E-state index is 13.8. The van der Waals surface area contributed by atoms with Crippen molar-refractivity contribution in [3.05, 3.63) is 39.7 Å². The zero-order valence-electron chi connectivity index (χ0n) is 10.2. The van der Waals surface area contributed by atoms with E-state index in [0.29, 0.717) is 17.8 Å². The fraction of sp³-hybridized carbons (Fsp3) is 0.308. The number of benzene rings is 1. The van der Waals surface area contributed by atoms with Crippen molar-refractivity contribution in [2.45, 2.75) is 26.3 Å². The molecule has 0 bridgehead atoms. The van der Waals surface area contributed by atoms with E-state index in [2.05, 4.69) is 4.98 Å². The minimum absolute atomic E-state index is 0.224. The predicted molar refractivity (Wildman–Crippen MR) is 69.4 cm³/mol. The summed E-state index contributed by atoms with van der Waals surface area (Å²) >= 11 is 1.48. The summed E-state index contributed by atoms with van der Waals surface area (Å²) < 4.78 is 26.7. The molecule has 0 amide bonds. The van der Waals surface area contributed by atoms with Crippen LogP contribution in [0.25, 0.3) is 11.3 Å². The van der Waals surface area contributed by atoms with Crippen LogP contribution in [-0.4, -0.2) is 4.98 Å². The zero-order valence-corrected chi connectivity index (χ0v) is 11.0. The van der Waals surface area contributed by atoms with Gasteiger partial charge in [-0.3, -0.25) is 0 Å².